The summed E-state index contributed by atoms with van der Waals surface area (Å²) in [5.74, 6) is 0. The van der Waals surface area contributed by atoms with E-state index in [0.29, 0.717) is 0 Å². The standard InChI is InChI=1S/C17H22N4O/c22-12-17(4-1-5-17)7-16-11-21(20-19-16)10-13-2-3-14-8-18-9-15(14)6-13/h2-3,6,11,18,22H,1,4-5,7-10,12H2. The SMILES string of the molecule is OCC1(Cc2cn(Cc3ccc4c(c3)CNC4)nn2)CCC1. The summed E-state index contributed by atoms with van der Waals surface area (Å²) in [5, 5.41) is 21.5. The monoisotopic (exact) mass is 298 g/mol. The van der Waals surface area contributed by atoms with Crippen LogP contribution in [0.1, 0.15) is 41.6 Å². The lowest BCUT2D eigenvalue weighted by Crippen LogP contribution is -2.35. The molecule has 0 bridgehead atoms. The Morgan fingerprint density at radius 1 is 1.23 bits per heavy atom. The summed E-state index contributed by atoms with van der Waals surface area (Å²) in [4.78, 5) is 0. The van der Waals surface area contributed by atoms with Crippen LogP contribution < -0.4 is 5.32 Å². The molecule has 2 aromatic rings. The molecule has 0 unspecified atom stereocenters. The van der Waals surface area contributed by atoms with Crippen LogP contribution in [-0.4, -0.2) is 26.7 Å². The van der Waals surface area contributed by atoms with Gasteiger partial charge in [-0.2, -0.15) is 0 Å². The Labute approximate surface area is 130 Å². The van der Waals surface area contributed by atoms with Crippen LogP contribution >= 0.6 is 0 Å². The zero-order valence-corrected chi connectivity index (χ0v) is 12.8. The van der Waals surface area contributed by atoms with Crippen molar-refractivity contribution in [3.63, 3.8) is 0 Å². The molecule has 0 spiro atoms. The fourth-order valence-corrected chi connectivity index (χ4v) is 3.58. The molecule has 0 radical (unpaired) electrons. The van der Waals surface area contributed by atoms with Gasteiger partial charge in [0.25, 0.3) is 0 Å². The highest BCUT2D eigenvalue weighted by Crippen LogP contribution is 2.42. The van der Waals surface area contributed by atoms with Crippen LogP contribution in [0.15, 0.2) is 24.4 Å². The van der Waals surface area contributed by atoms with E-state index in [9.17, 15) is 5.11 Å². The molecule has 2 N–H and O–H groups in total. The minimum Gasteiger partial charge on any atom is -0.396 e. The van der Waals surface area contributed by atoms with Crippen molar-refractivity contribution >= 4 is 0 Å². The maximum absolute atomic E-state index is 9.57. The number of aliphatic hydroxyl groups is 1. The summed E-state index contributed by atoms with van der Waals surface area (Å²) in [7, 11) is 0. The first-order chi connectivity index (χ1) is 10.8. The second-order valence-electron chi connectivity index (χ2n) is 6.80. The Kier molecular flexibility index (Phi) is 3.47. The molecule has 22 heavy (non-hydrogen) atoms. The first kappa shape index (κ1) is 13.9. The molecule has 1 aromatic heterocycles. The van der Waals surface area contributed by atoms with Gasteiger partial charge in [0.15, 0.2) is 0 Å². The van der Waals surface area contributed by atoms with Crippen molar-refractivity contribution in [2.45, 2.75) is 45.3 Å². The van der Waals surface area contributed by atoms with Gasteiger partial charge in [-0.05, 0) is 34.9 Å². The summed E-state index contributed by atoms with van der Waals surface area (Å²) >= 11 is 0. The Hall–Kier alpha value is -1.72. The van der Waals surface area contributed by atoms with E-state index in [2.05, 4.69) is 33.8 Å². The zero-order chi connectivity index (χ0) is 15.0. The second-order valence-corrected chi connectivity index (χ2v) is 6.80. The maximum atomic E-state index is 9.57. The van der Waals surface area contributed by atoms with Crippen molar-refractivity contribution in [1.29, 1.82) is 0 Å². The van der Waals surface area contributed by atoms with Gasteiger partial charge < -0.3 is 10.4 Å². The molecule has 1 fully saturated rings. The van der Waals surface area contributed by atoms with E-state index in [1.165, 1.54) is 23.1 Å². The predicted molar refractivity (Wildman–Crippen MR) is 83.2 cm³/mol. The summed E-state index contributed by atoms with van der Waals surface area (Å²) in [6, 6.07) is 6.64. The Balaban J connectivity index is 1.45. The zero-order valence-electron chi connectivity index (χ0n) is 12.8. The highest BCUT2D eigenvalue weighted by molar-refractivity contribution is 5.34. The highest BCUT2D eigenvalue weighted by Gasteiger charge is 2.37. The van der Waals surface area contributed by atoms with Crippen LogP contribution in [-0.2, 0) is 26.1 Å². The fourth-order valence-electron chi connectivity index (χ4n) is 3.58. The van der Waals surface area contributed by atoms with Crippen LogP contribution in [0.3, 0.4) is 0 Å². The molecule has 2 aliphatic rings. The van der Waals surface area contributed by atoms with Crippen molar-refractivity contribution < 1.29 is 5.11 Å². The number of nitrogens with one attached hydrogen (secondary N) is 1. The van der Waals surface area contributed by atoms with E-state index in [0.717, 1.165) is 44.6 Å². The van der Waals surface area contributed by atoms with Crippen LogP contribution in [0, 0.1) is 5.41 Å². The Morgan fingerprint density at radius 3 is 2.86 bits per heavy atom. The van der Waals surface area contributed by atoms with Gasteiger partial charge in [0, 0.05) is 32.3 Å². The van der Waals surface area contributed by atoms with E-state index in [1.807, 2.05) is 10.9 Å². The first-order valence-electron chi connectivity index (χ1n) is 8.08. The molecule has 116 valence electrons. The number of nitrogens with zero attached hydrogens (tertiary/aromatic N) is 3. The Morgan fingerprint density at radius 2 is 2.09 bits per heavy atom. The Bertz CT molecular complexity index is 670. The van der Waals surface area contributed by atoms with Gasteiger partial charge in [0.1, 0.15) is 0 Å². The van der Waals surface area contributed by atoms with Crippen LogP contribution in [0.25, 0.3) is 0 Å². The predicted octanol–water partition coefficient (Wildman–Crippen LogP) is 1.63. The average molecular weight is 298 g/mol. The van der Waals surface area contributed by atoms with Gasteiger partial charge in [-0.1, -0.05) is 29.8 Å². The molecular weight excluding hydrogens is 276 g/mol. The normalized spacial score (nSPS) is 19.0. The maximum Gasteiger partial charge on any atom is 0.0833 e. The molecule has 5 heteroatoms. The molecule has 0 atom stereocenters. The summed E-state index contributed by atoms with van der Waals surface area (Å²) in [6.45, 7) is 2.96. The molecule has 5 nitrogen and oxygen atoms in total. The van der Waals surface area contributed by atoms with Gasteiger partial charge in [-0.25, -0.2) is 4.68 Å². The number of fused-ring (bicyclic) bond motifs is 1. The van der Waals surface area contributed by atoms with Crippen molar-refractivity contribution in [1.82, 2.24) is 20.3 Å². The summed E-state index contributed by atoms with van der Waals surface area (Å²) in [6.07, 6.45) is 6.30. The minimum absolute atomic E-state index is 0.0695. The fraction of sp³-hybridized carbons (Fsp3) is 0.529. The molecule has 1 aromatic carbocycles. The average Bonchev–Trinajstić information content (AvgIpc) is 3.11. The third-order valence-electron chi connectivity index (χ3n) is 5.14. The van der Waals surface area contributed by atoms with Gasteiger partial charge in [-0.3, -0.25) is 0 Å². The number of aliphatic hydroxyl groups excluding tert-OH is 1. The van der Waals surface area contributed by atoms with Crippen LogP contribution in [0.5, 0.6) is 0 Å². The largest absolute Gasteiger partial charge is 0.396 e. The number of hydrogen-bond acceptors (Lipinski definition) is 4. The number of hydrogen-bond donors (Lipinski definition) is 2. The molecule has 1 saturated carbocycles. The van der Waals surface area contributed by atoms with Gasteiger partial charge in [0.05, 0.1) is 12.2 Å². The smallest absolute Gasteiger partial charge is 0.0833 e. The van der Waals surface area contributed by atoms with E-state index >= 15 is 0 Å². The van der Waals surface area contributed by atoms with Crippen LogP contribution in [0.2, 0.25) is 0 Å². The third kappa shape index (κ3) is 2.55. The number of aromatic nitrogens is 3. The minimum atomic E-state index is 0.0695. The summed E-state index contributed by atoms with van der Waals surface area (Å²) in [5.41, 5.74) is 5.13. The molecule has 4 rings (SSSR count). The molecular formula is C17H22N4O. The van der Waals surface area contributed by atoms with Crippen molar-refractivity contribution in [3.8, 4) is 0 Å². The second kappa shape index (κ2) is 5.48. The molecule has 1 aliphatic heterocycles. The van der Waals surface area contributed by atoms with Crippen molar-refractivity contribution in [3.05, 3.63) is 46.8 Å². The first-order valence-corrected chi connectivity index (χ1v) is 8.08. The topological polar surface area (TPSA) is 63.0 Å². The summed E-state index contributed by atoms with van der Waals surface area (Å²) < 4.78 is 1.91. The lowest BCUT2D eigenvalue weighted by Gasteiger charge is -2.39. The molecule has 0 saturated heterocycles. The van der Waals surface area contributed by atoms with Crippen LogP contribution in [0.4, 0.5) is 0 Å². The van der Waals surface area contributed by atoms with E-state index in [-0.39, 0.29) is 12.0 Å². The van der Waals surface area contributed by atoms with E-state index in [4.69, 9.17) is 0 Å². The highest BCUT2D eigenvalue weighted by atomic mass is 16.3. The number of rotatable bonds is 5. The van der Waals surface area contributed by atoms with E-state index < -0.39 is 0 Å². The lowest BCUT2D eigenvalue weighted by molar-refractivity contribution is 0.0441. The van der Waals surface area contributed by atoms with Crippen molar-refractivity contribution in [2.75, 3.05) is 6.61 Å². The van der Waals surface area contributed by atoms with E-state index in [1.54, 1.807) is 0 Å². The number of benzene rings is 1. The van der Waals surface area contributed by atoms with Gasteiger partial charge >= 0.3 is 0 Å². The molecule has 1 aliphatic carbocycles. The van der Waals surface area contributed by atoms with Crippen molar-refractivity contribution in [2.24, 2.45) is 5.41 Å². The molecule has 0 amide bonds. The van der Waals surface area contributed by atoms with Gasteiger partial charge in [0.2, 0.25) is 0 Å². The quantitative estimate of drug-likeness (QED) is 0.881. The van der Waals surface area contributed by atoms with Gasteiger partial charge in [-0.15, -0.1) is 5.10 Å². The molecule has 2 heterocycles. The lowest BCUT2D eigenvalue weighted by atomic mass is 9.67. The third-order valence-corrected chi connectivity index (χ3v) is 5.14.